The van der Waals surface area contributed by atoms with E-state index in [0.717, 1.165) is 12.2 Å². The Morgan fingerprint density at radius 1 is 1.38 bits per heavy atom. The van der Waals surface area contributed by atoms with Crippen molar-refractivity contribution in [2.24, 2.45) is 0 Å². The first kappa shape index (κ1) is 15.3. The highest BCUT2D eigenvalue weighted by atomic mass is 16.3. The van der Waals surface area contributed by atoms with E-state index in [-0.39, 0.29) is 11.9 Å². The molecule has 0 unspecified atom stereocenters. The van der Waals surface area contributed by atoms with Crippen molar-refractivity contribution in [1.82, 2.24) is 15.6 Å². The number of nitrogens with zero attached hydrogens (tertiary/aromatic N) is 1. The van der Waals surface area contributed by atoms with Crippen molar-refractivity contribution in [2.45, 2.75) is 26.8 Å². The fourth-order valence-corrected chi connectivity index (χ4v) is 2.12. The first-order valence-electron chi connectivity index (χ1n) is 7.15. The number of pyridine rings is 1. The van der Waals surface area contributed by atoms with E-state index < -0.39 is 0 Å². The van der Waals surface area contributed by atoms with Crippen LogP contribution in [0.2, 0.25) is 0 Å². The second-order valence-electron chi connectivity index (χ2n) is 4.98. The van der Waals surface area contributed by atoms with E-state index in [0.29, 0.717) is 23.6 Å². The molecular weight excluding hydrogens is 266 g/mol. The third kappa shape index (κ3) is 3.92. The molecule has 0 radical (unpaired) electrons. The summed E-state index contributed by atoms with van der Waals surface area (Å²) < 4.78 is 5.31. The fraction of sp³-hybridized carbons (Fsp3) is 0.375. The molecule has 0 aliphatic rings. The molecule has 0 saturated heterocycles. The van der Waals surface area contributed by atoms with Crippen LogP contribution < -0.4 is 10.6 Å². The third-order valence-electron chi connectivity index (χ3n) is 3.23. The van der Waals surface area contributed by atoms with E-state index in [4.69, 9.17) is 4.42 Å². The summed E-state index contributed by atoms with van der Waals surface area (Å²) in [5.41, 5.74) is 2.02. The summed E-state index contributed by atoms with van der Waals surface area (Å²) in [6, 6.07) is 7.49. The molecule has 5 nitrogen and oxygen atoms in total. The Labute approximate surface area is 124 Å². The topological polar surface area (TPSA) is 67.2 Å². The second-order valence-corrected chi connectivity index (χ2v) is 4.98. The number of nitrogens with one attached hydrogen (secondary N) is 2. The van der Waals surface area contributed by atoms with Crippen molar-refractivity contribution >= 4 is 5.91 Å². The molecule has 2 rings (SSSR count). The minimum atomic E-state index is -0.101. The standard InChI is InChI=1S/C16H21N3O2/c1-4-17-11(2)10-18-16(20)13-7-8-14(19-12(13)3)15-6-5-9-21-15/h5-9,11,17H,4,10H2,1-3H3,(H,18,20)/t11-/m1/s1. The number of carbonyl (C=O) groups is 1. The Bertz CT molecular complexity index is 594. The lowest BCUT2D eigenvalue weighted by molar-refractivity contribution is 0.0949. The molecule has 1 atom stereocenters. The molecule has 2 N–H and O–H groups in total. The van der Waals surface area contributed by atoms with Crippen molar-refractivity contribution in [2.75, 3.05) is 13.1 Å². The summed E-state index contributed by atoms with van der Waals surface area (Å²) in [5.74, 6) is 0.599. The summed E-state index contributed by atoms with van der Waals surface area (Å²) >= 11 is 0. The summed E-state index contributed by atoms with van der Waals surface area (Å²) in [4.78, 5) is 16.6. The predicted octanol–water partition coefficient (Wildman–Crippen LogP) is 2.38. The van der Waals surface area contributed by atoms with Crippen LogP contribution in [-0.2, 0) is 0 Å². The molecule has 0 aromatic carbocycles. The smallest absolute Gasteiger partial charge is 0.253 e. The first-order chi connectivity index (χ1) is 10.1. The second kappa shape index (κ2) is 7.04. The van der Waals surface area contributed by atoms with E-state index in [1.807, 2.05) is 32.9 Å². The number of hydrogen-bond acceptors (Lipinski definition) is 4. The zero-order valence-corrected chi connectivity index (χ0v) is 12.6. The molecule has 112 valence electrons. The summed E-state index contributed by atoms with van der Waals surface area (Å²) in [5, 5.41) is 6.17. The summed E-state index contributed by atoms with van der Waals surface area (Å²) in [6.45, 7) is 7.38. The SMILES string of the molecule is CCN[C@H](C)CNC(=O)c1ccc(-c2ccco2)nc1C. The molecule has 1 amide bonds. The van der Waals surface area contributed by atoms with Gasteiger partial charge in [-0.05, 0) is 44.7 Å². The Morgan fingerprint density at radius 3 is 2.81 bits per heavy atom. The van der Waals surface area contributed by atoms with Gasteiger partial charge in [0, 0.05) is 12.6 Å². The molecule has 0 aliphatic carbocycles. The maximum absolute atomic E-state index is 12.2. The average molecular weight is 287 g/mol. The minimum Gasteiger partial charge on any atom is -0.463 e. The Morgan fingerprint density at radius 2 is 2.19 bits per heavy atom. The molecule has 0 aliphatic heterocycles. The van der Waals surface area contributed by atoms with Crippen molar-refractivity contribution in [3.05, 3.63) is 41.8 Å². The number of amides is 1. The maximum Gasteiger partial charge on any atom is 0.253 e. The van der Waals surface area contributed by atoms with Crippen LogP contribution in [0.3, 0.4) is 0 Å². The molecule has 0 saturated carbocycles. The number of furan rings is 1. The van der Waals surface area contributed by atoms with E-state index >= 15 is 0 Å². The minimum absolute atomic E-state index is 0.101. The van der Waals surface area contributed by atoms with Crippen LogP contribution in [0, 0.1) is 6.92 Å². The average Bonchev–Trinajstić information content (AvgIpc) is 2.99. The van der Waals surface area contributed by atoms with Gasteiger partial charge in [-0.3, -0.25) is 4.79 Å². The first-order valence-corrected chi connectivity index (χ1v) is 7.15. The van der Waals surface area contributed by atoms with E-state index in [9.17, 15) is 4.79 Å². The fourth-order valence-electron chi connectivity index (χ4n) is 2.12. The van der Waals surface area contributed by atoms with Gasteiger partial charge in [0.15, 0.2) is 5.76 Å². The van der Waals surface area contributed by atoms with E-state index in [1.165, 1.54) is 0 Å². The lowest BCUT2D eigenvalue weighted by Gasteiger charge is -2.14. The quantitative estimate of drug-likeness (QED) is 0.856. The van der Waals surface area contributed by atoms with Crippen molar-refractivity contribution in [1.29, 1.82) is 0 Å². The molecule has 5 heteroatoms. The van der Waals surface area contributed by atoms with Gasteiger partial charge in [0.1, 0.15) is 5.69 Å². The number of hydrogen-bond donors (Lipinski definition) is 2. The molecule has 0 bridgehead atoms. The van der Waals surface area contributed by atoms with Crippen LogP contribution in [-0.4, -0.2) is 30.0 Å². The zero-order chi connectivity index (χ0) is 15.2. The molecular formula is C16H21N3O2. The molecule has 2 heterocycles. The number of likely N-dealkylation sites (N-methyl/N-ethyl adjacent to an activating group) is 1. The highest BCUT2D eigenvalue weighted by Crippen LogP contribution is 2.19. The van der Waals surface area contributed by atoms with Gasteiger partial charge in [-0.2, -0.15) is 0 Å². The predicted molar refractivity (Wildman–Crippen MR) is 82.1 cm³/mol. The lowest BCUT2D eigenvalue weighted by Crippen LogP contribution is -2.39. The van der Waals surface area contributed by atoms with Gasteiger partial charge in [0.05, 0.1) is 17.5 Å². The Hall–Kier alpha value is -2.14. The Kier molecular flexibility index (Phi) is 5.11. The van der Waals surface area contributed by atoms with Crippen LogP contribution in [0.15, 0.2) is 34.9 Å². The van der Waals surface area contributed by atoms with Gasteiger partial charge >= 0.3 is 0 Å². The lowest BCUT2D eigenvalue weighted by atomic mass is 10.1. The van der Waals surface area contributed by atoms with Crippen LogP contribution in [0.4, 0.5) is 0 Å². The Balaban J connectivity index is 2.05. The number of carbonyl (C=O) groups excluding carboxylic acids is 1. The van der Waals surface area contributed by atoms with Crippen LogP contribution >= 0.6 is 0 Å². The summed E-state index contributed by atoms with van der Waals surface area (Å²) in [6.07, 6.45) is 1.61. The molecule has 21 heavy (non-hydrogen) atoms. The van der Waals surface area contributed by atoms with Gasteiger partial charge in [-0.15, -0.1) is 0 Å². The van der Waals surface area contributed by atoms with Crippen molar-refractivity contribution < 1.29 is 9.21 Å². The molecule has 0 fully saturated rings. The van der Waals surface area contributed by atoms with Crippen molar-refractivity contribution in [3.8, 4) is 11.5 Å². The number of aryl methyl sites for hydroxylation is 1. The van der Waals surface area contributed by atoms with Gasteiger partial charge in [0.25, 0.3) is 5.91 Å². The van der Waals surface area contributed by atoms with Crippen LogP contribution in [0.5, 0.6) is 0 Å². The molecule has 2 aromatic rings. The van der Waals surface area contributed by atoms with Crippen LogP contribution in [0.1, 0.15) is 29.9 Å². The van der Waals surface area contributed by atoms with Crippen molar-refractivity contribution in [3.63, 3.8) is 0 Å². The van der Waals surface area contributed by atoms with Crippen LogP contribution in [0.25, 0.3) is 11.5 Å². The maximum atomic E-state index is 12.2. The van der Waals surface area contributed by atoms with Gasteiger partial charge in [-0.25, -0.2) is 4.98 Å². The largest absolute Gasteiger partial charge is 0.463 e. The zero-order valence-electron chi connectivity index (χ0n) is 12.6. The molecule has 0 spiro atoms. The normalized spacial score (nSPS) is 12.1. The highest BCUT2D eigenvalue weighted by Gasteiger charge is 2.12. The van der Waals surface area contributed by atoms with Gasteiger partial charge in [-0.1, -0.05) is 6.92 Å². The monoisotopic (exact) mass is 287 g/mol. The molecule has 2 aromatic heterocycles. The van der Waals surface area contributed by atoms with Gasteiger partial charge in [0.2, 0.25) is 0 Å². The van der Waals surface area contributed by atoms with Gasteiger partial charge < -0.3 is 15.1 Å². The van der Waals surface area contributed by atoms with E-state index in [2.05, 4.69) is 15.6 Å². The number of aromatic nitrogens is 1. The number of rotatable bonds is 6. The van der Waals surface area contributed by atoms with E-state index in [1.54, 1.807) is 18.4 Å². The third-order valence-corrected chi connectivity index (χ3v) is 3.23. The highest BCUT2D eigenvalue weighted by molar-refractivity contribution is 5.95. The summed E-state index contributed by atoms with van der Waals surface area (Å²) in [7, 11) is 0.